The lowest BCUT2D eigenvalue weighted by Gasteiger charge is -2.21. The highest BCUT2D eigenvalue weighted by Crippen LogP contribution is 2.28. The lowest BCUT2D eigenvalue weighted by atomic mass is 10.1. The van der Waals surface area contributed by atoms with Crippen molar-refractivity contribution in [1.82, 2.24) is 24.9 Å². The topological polar surface area (TPSA) is 56.9 Å². The van der Waals surface area contributed by atoms with Gasteiger partial charge in [0, 0.05) is 20.4 Å². The molecule has 0 saturated carbocycles. The van der Waals surface area contributed by atoms with E-state index < -0.39 is 0 Å². The fraction of sp³-hybridized carbons (Fsp3) is 0.571. The highest BCUT2D eigenvalue weighted by molar-refractivity contribution is 9.10. The van der Waals surface area contributed by atoms with E-state index >= 15 is 0 Å². The van der Waals surface area contributed by atoms with Crippen LogP contribution in [0.1, 0.15) is 30.8 Å². The van der Waals surface area contributed by atoms with Crippen LogP contribution in [0.2, 0.25) is 0 Å². The molecule has 7 heteroatoms. The Bertz CT molecular complexity index is 565. The number of nitrogens with zero attached hydrogens (tertiary/aromatic N) is 4. The van der Waals surface area contributed by atoms with Crippen molar-refractivity contribution in [3.05, 3.63) is 34.3 Å². The number of nitrogens with one attached hydrogen (secondary N) is 1. The lowest BCUT2D eigenvalue weighted by Crippen LogP contribution is -2.28. The van der Waals surface area contributed by atoms with Crippen LogP contribution in [0.3, 0.4) is 0 Å². The van der Waals surface area contributed by atoms with Crippen LogP contribution in [0.4, 0.5) is 0 Å². The second-order valence-electron chi connectivity index (χ2n) is 4.86. The molecule has 0 fully saturated rings. The first-order valence-corrected chi connectivity index (χ1v) is 7.89. The van der Waals surface area contributed by atoms with Gasteiger partial charge in [-0.05, 0) is 35.0 Å². The molecule has 0 aliphatic heterocycles. The van der Waals surface area contributed by atoms with Crippen molar-refractivity contribution in [2.24, 2.45) is 7.05 Å². The molecule has 2 rings (SSSR count). The second kappa shape index (κ2) is 7.72. The standard InChI is InChI=1S/C14H22BrN5O/c1-4-6-16-13(12-5-7-17-19(12)2)14-11(15)10-18-20(14)8-9-21-3/h5,7,10,13,16H,4,6,8-9H2,1-3H3. The molecule has 0 aliphatic rings. The van der Waals surface area contributed by atoms with Gasteiger partial charge in [0.25, 0.3) is 0 Å². The molecule has 0 aromatic carbocycles. The lowest BCUT2D eigenvalue weighted by molar-refractivity contribution is 0.182. The maximum Gasteiger partial charge on any atom is 0.0930 e. The van der Waals surface area contributed by atoms with Crippen LogP contribution in [0, 0.1) is 0 Å². The molecule has 2 aromatic heterocycles. The minimum Gasteiger partial charge on any atom is -0.383 e. The SMILES string of the molecule is CCCNC(c1ccnn1C)c1c(Br)cnn1CCOC. The van der Waals surface area contributed by atoms with Crippen molar-refractivity contribution in [3.63, 3.8) is 0 Å². The van der Waals surface area contributed by atoms with E-state index in [1.54, 1.807) is 7.11 Å². The van der Waals surface area contributed by atoms with Gasteiger partial charge in [-0.2, -0.15) is 10.2 Å². The van der Waals surface area contributed by atoms with E-state index in [9.17, 15) is 0 Å². The molecule has 0 radical (unpaired) electrons. The fourth-order valence-electron chi connectivity index (χ4n) is 2.31. The largest absolute Gasteiger partial charge is 0.383 e. The summed E-state index contributed by atoms with van der Waals surface area (Å²) in [6, 6.07) is 2.08. The molecule has 0 amide bonds. The van der Waals surface area contributed by atoms with Gasteiger partial charge in [0.05, 0.1) is 41.3 Å². The van der Waals surface area contributed by atoms with E-state index in [0.717, 1.165) is 35.4 Å². The molecule has 0 spiro atoms. The molecular weight excluding hydrogens is 334 g/mol. The van der Waals surface area contributed by atoms with Crippen molar-refractivity contribution < 1.29 is 4.74 Å². The zero-order valence-electron chi connectivity index (χ0n) is 12.7. The van der Waals surface area contributed by atoms with E-state index in [0.29, 0.717) is 6.61 Å². The third kappa shape index (κ3) is 3.72. The maximum absolute atomic E-state index is 5.17. The Morgan fingerprint density at radius 3 is 2.86 bits per heavy atom. The average Bonchev–Trinajstić information content (AvgIpc) is 3.05. The zero-order chi connectivity index (χ0) is 15.2. The molecule has 2 heterocycles. The number of aromatic nitrogens is 4. The van der Waals surface area contributed by atoms with E-state index in [2.05, 4.69) is 38.4 Å². The van der Waals surface area contributed by atoms with E-state index in [-0.39, 0.29) is 6.04 Å². The van der Waals surface area contributed by atoms with Crippen LogP contribution < -0.4 is 5.32 Å². The molecule has 0 aliphatic carbocycles. The number of aryl methyl sites for hydroxylation is 1. The van der Waals surface area contributed by atoms with E-state index in [1.807, 2.05) is 34.9 Å². The van der Waals surface area contributed by atoms with Crippen LogP contribution >= 0.6 is 15.9 Å². The summed E-state index contributed by atoms with van der Waals surface area (Å²) in [4.78, 5) is 0. The Labute approximate surface area is 133 Å². The summed E-state index contributed by atoms with van der Waals surface area (Å²) in [6.45, 7) is 4.44. The summed E-state index contributed by atoms with van der Waals surface area (Å²) >= 11 is 3.62. The van der Waals surface area contributed by atoms with E-state index in [4.69, 9.17) is 4.74 Å². The van der Waals surface area contributed by atoms with Gasteiger partial charge in [-0.1, -0.05) is 6.92 Å². The van der Waals surface area contributed by atoms with Crippen LogP contribution in [0.5, 0.6) is 0 Å². The summed E-state index contributed by atoms with van der Waals surface area (Å²) < 4.78 is 10.0. The number of rotatable bonds is 8. The average molecular weight is 356 g/mol. The van der Waals surface area contributed by atoms with Crippen LogP contribution in [0.15, 0.2) is 22.9 Å². The molecule has 21 heavy (non-hydrogen) atoms. The predicted octanol–water partition coefficient (Wildman–Crippen LogP) is 2.11. The highest BCUT2D eigenvalue weighted by Gasteiger charge is 2.23. The van der Waals surface area contributed by atoms with Gasteiger partial charge >= 0.3 is 0 Å². The Morgan fingerprint density at radius 1 is 1.43 bits per heavy atom. The Balaban J connectivity index is 2.36. The van der Waals surface area contributed by atoms with Crippen molar-refractivity contribution in [3.8, 4) is 0 Å². The van der Waals surface area contributed by atoms with Gasteiger partial charge in [-0.25, -0.2) is 0 Å². The van der Waals surface area contributed by atoms with Crippen LogP contribution in [-0.2, 0) is 18.3 Å². The van der Waals surface area contributed by atoms with Gasteiger partial charge in [-0.15, -0.1) is 0 Å². The van der Waals surface area contributed by atoms with Crippen molar-refractivity contribution in [1.29, 1.82) is 0 Å². The third-order valence-corrected chi connectivity index (χ3v) is 3.98. The number of hydrogen-bond acceptors (Lipinski definition) is 4. The molecule has 1 atom stereocenters. The molecule has 1 unspecified atom stereocenters. The monoisotopic (exact) mass is 355 g/mol. The normalized spacial score (nSPS) is 12.8. The van der Waals surface area contributed by atoms with Gasteiger partial charge in [0.1, 0.15) is 0 Å². The summed E-state index contributed by atoms with van der Waals surface area (Å²) in [5.74, 6) is 0. The Hall–Kier alpha value is -1.18. The van der Waals surface area contributed by atoms with Gasteiger partial charge in [-0.3, -0.25) is 9.36 Å². The smallest absolute Gasteiger partial charge is 0.0930 e. The molecule has 2 aromatic rings. The van der Waals surface area contributed by atoms with Crippen LogP contribution in [-0.4, -0.2) is 39.8 Å². The molecule has 0 saturated heterocycles. The van der Waals surface area contributed by atoms with Gasteiger partial charge in [0.2, 0.25) is 0 Å². The first-order chi connectivity index (χ1) is 10.2. The van der Waals surface area contributed by atoms with Gasteiger partial charge in [0.15, 0.2) is 0 Å². The quantitative estimate of drug-likeness (QED) is 0.787. The second-order valence-corrected chi connectivity index (χ2v) is 5.71. The minimum atomic E-state index is 0.0474. The molecular formula is C14H22BrN5O. The first-order valence-electron chi connectivity index (χ1n) is 7.10. The highest BCUT2D eigenvalue weighted by atomic mass is 79.9. The number of ether oxygens (including phenoxy) is 1. The molecule has 116 valence electrons. The number of halogens is 1. The zero-order valence-corrected chi connectivity index (χ0v) is 14.3. The van der Waals surface area contributed by atoms with Crippen molar-refractivity contribution in [2.75, 3.05) is 20.3 Å². The summed E-state index contributed by atoms with van der Waals surface area (Å²) in [5, 5.41) is 12.3. The maximum atomic E-state index is 5.17. The van der Waals surface area contributed by atoms with Crippen LogP contribution in [0.25, 0.3) is 0 Å². The van der Waals surface area contributed by atoms with Crippen molar-refractivity contribution in [2.45, 2.75) is 25.9 Å². The Morgan fingerprint density at radius 2 is 2.24 bits per heavy atom. The third-order valence-electron chi connectivity index (χ3n) is 3.37. The minimum absolute atomic E-state index is 0.0474. The number of methoxy groups -OCH3 is 1. The summed E-state index contributed by atoms with van der Waals surface area (Å²) in [6.07, 6.45) is 4.72. The molecule has 6 nitrogen and oxygen atoms in total. The number of hydrogen-bond donors (Lipinski definition) is 1. The predicted molar refractivity (Wildman–Crippen MR) is 85.1 cm³/mol. The van der Waals surface area contributed by atoms with Crippen molar-refractivity contribution >= 4 is 15.9 Å². The fourth-order valence-corrected chi connectivity index (χ4v) is 2.84. The first kappa shape index (κ1) is 16.2. The Kier molecular flexibility index (Phi) is 5.96. The summed E-state index contributed by atoms with van der Waals surface area (Å²) in [5.41, 5.74) is 2.22. The van der Waals surface area contributed by atoms with E-state index in [1.165, 1.54) is 0 Å². The summed E-state index contributed by atoms with van der Waals surface area (Å²) in [7, 11) is 3.66. The molecule has 0 bridgehead atoms. The molecule has 1 N–H and O–H groups in total. The van der Waals surface area contributed by atoms with Gasteiger partial charge < -0.3 is 10.1 Å².